The van der Waals surface area contributed by atoms with Crippen LogP contribution in [0.4, 0.5) is 0 Å². The van der Waals surface area contributed by atoms with E-state index in [1.807, 2.05) is 11.8 Å². The van der Waals surface area contributed by atoms with Crippen LogP contribution in [0.3, 0.4) is 0 Å². The number of aliphatic carboxylic acids is 1. The van der Waals surface area contributed by atoms with Gasteiger partial charge in [-0.05, 0) is 30.9 Å². The Kier molecular flexibility index (Phi) is 4.64. The first kappa shape index (κ1) is 10.9. The predicted octanol–water partition coefficient (Wildman–Crippen LogP) is 2.77. The van der Waals surface area contributed by atoms with E-state index < -0.39 is 5.97 Å². The monoisotopic (exact) mass is 202 g/mol. The van der Waals surface area contributed by atoms with Gasteiger partial charge in [-0.25, -0.2) is 0 Å². The van der Waals surface area contributed by atoms with Crippen LogP contribution in [0.25, 0.3) is 0 Å². The van der Waals surface area contributed by atoms with Gasteiger partial charge in [-0.3, -0.25) is 4.79 Å². The van der Waals surface area contributed by atoms with E-state index in [1.54, 1.807) is 0 Å². The summed E-state index contributed by atoms with van der Waals surface area (Å²) in [6.07, 6.45) is 5.12. The second-order valence-electron chi connectivity index (χ2n) is 3.81. The van der Waals surface area contributed by atoms with Crippen LogP contribution in [0, 0.1) is 5.92 Å². The number of carbonyl (C=O) groups is 1. The van der Waals surface area contributed by atoms with Gasteiger partial charge in [0.1, 0.15) is 0 Å². The highest BCUT2D eigenvalue weighted by molar-refractivity contribution is 7.99. The summed E-state index contributed by atoms with van der Waals surface area (Å²) in [5, 5.41) is 9.27. The molecule has 1 fully saturated rings. The van der Waals surface area contributed by atoms with Crippen molar-refractivity contribution in [2.24, 2.45) is 5.92 Å². The fourth-order valence-corrected chi connectivity index (χ4v) is 3.22. The lowest BCUT2D eigenvalue weighted by Crippen LogP contribution is -2.19. The third-order valence-electron chi connectivity index (χ3n) is 2.66. The zero-order valence-electron chi connectivity index (χ0n) is 8.16. The summed E-state index contributed by atoms with van der Waals surface area (Å²) >= 11 is 2.03. The van der Waals surface area contributed by atoms with Crippen LogP contribution in [0.2, 0.25) is 0 Å². The summed E-state index contributed by atoms with van der Waals surface area (Å²) < 4.78 is 0. The maximum Gasteiger partial charge on any atom is 0.303 e. The Bertz CT molecular complexity index is 164. The molecular weight excluding hydrogens is 184 g/mol. The molecule has 1 heterocycles. The SMILES string of the molecule is CC(CCC(=O)O)C1CCCCS1. The third-order valence-corrected chi connectivity index (χ3v) is 4.32. The molecule has 76 valence electrons. The van der Waals surface area contributed by atoms with Crippen LogP contribution >= 0.6 is 11.8 Å². The van der Waals surface area contributed by atoms with E-state index in [2.05, 4.69) is 6.92 Å². The molecule has 1 aliphatic heterocycles. The van der Waals surface area contributed by atoms with E-state index in [0.29, 0.717) is 17.6 Å². The molecule has 0 radical (unpaired) electrons. The molecule has 1 saturated heterocycles. The Labute approximate surface area is 84.1 Å². The second-order valence-corrected chi connectivity index (χ2v) is 5.16. The van der Waals surface area contributed by atoms with Gasteiger partial charge in [0.2, 0.25) is 0 Å². The predicted molar refractivity (Wildman–Crippen MR) is 56.1 cm³/mol. The van der Waals surface area contributed by atoms with Crippen molar-refractivity contribution in [3.63, 3.8) is 0 Å². The zero-order valence-corrected chi connectivity index (χ0v) is 8.98. The Morgan fingerprint density at radius 2 is 2.38 bits per heavy atom. The molecular formula is C10H18O2S. The topological polar surface area (TPSA) is 37.3 Å². The van der Waals surface area contributed by atoms with Gasteiger partial charge in [-0.15, -0.1) is 0 Å². The van der Waals surface area contributed by atoms with Crippen LogP contribution in [0.1, 0.15) is 39.0 Å². The zero-order chi connectivity index (χ0) is 9.68. The maximum absolute atomic E-state index is 10.4. The summed E-state index contributed by atoms with van der Waals surface area (Å²) in [7, 11) is 0. The fourth-order valence-electron chi connectivity index (χ4n) is 1.75. The average Bonchev–Trinajstić information content (AvgIpc) is 2.15. The average molecular weight is 202 g/mol. The van der Waals surface area contributed by atoms with Crippen molar-refractivity contribution in [3.05, 3.63) is 0 Å². The molecule has 0 aliphatic carbocycles. The first-order valence-corrected chi connectivity index (χ1v) is 6.08. The molecule has 2 nitrogen and oxygen atoms in total. The van der Waals surface area contributed by atoms with Crippen LogP contribution < -0.4 is 0 Å². The fraction of sp³-hybridized carbons (Fsp3) is 0.900. The van der Waals surface area contributed by atoms with Gasteiger partial charge in [-0.1, -0.05) is 13.3 Å². The number of carboxylic acids is 1. The minimum Gasteiger partial charge on any atom is -0.481 e. The van der Waals surface area contributed by atoms with Gasteiger partial charge < -0.3 is 5.11 Å². The van der Waals surface area contributed by atoms with E-state index in [-0.39, 0.29) is 0 Å². The molecule has 0 saturated carbocycles. The highest BCUT2D eigenvalue weighted by atomic mass is 32.2. The quantitative estimate of drug-likeness (QED) is 0.761. The first-order valence-electron chi connectivity index (χ1n) is 5.03. The number of hydrogen-bond donors (Lipinski definition) is 1. The van der Waals surface area contributed by atoms with Crippen molar-refractivity contribution in [1.29, 1.82) is 0 Å². The molecule has 0 aromatic heterocycles. The van der Waals surface area contributed by atoms with Crippen LogP contribution in [-0.2, 0) is 4.79 Å². The van der Waals surface area contributed by atoms with Crippen LogP contribution in [0.15, 0.2) is 0 Å². The van der Waals surface area contributed by atoms with Crippen molar-refractivity contribution in [1.82, 2.24) is 0 Å². The lowest BCUT2D eigenvalue weighted by molar-refractivity contribution is -0.137. The van der Waals surface area contributed by atoms with Crippen molar-refractivity contribution < 1.29 is 9.90 Å². The Morgan fingerprint density at radius 3 is 2.92 bits per heavy atom. The van der Waals surface area contributed by atoms with Gasteiger partial charge in [0.15, 0.2) is 0 Å². The van der Waals surface area contributed by atoms with Gasteiger partial charge in [-0.2, -0.15) is 11.8 Å². The lowest BCUT2D eigenvalue weighted by Gasteiger charge is -2.26. The number of carboxylic acid groups (broad SMARTS) is 1. The first-order chi connectivity index (χ1) is 6.20. The lowest BCUT2D eigenvalue weighted by atomic mass is 9.97. The molecule has 0 amide bonds. The summed E-state index contributed by atoms with van der Waals surface area (Å²) in [5.41, 5.74) is 0. The molecule has 1 N–H and O–H groups in total. The number of thioether (sulfide) groups is 1. The molecule has 2 atom stereocenters. The van der Waals surface area contributed by atoms with Gasteiger partial charge in [0.25, 0.3) is 0 Å². The molecule has 1 aliphatic rings. The summed E-state index contributed by atoms with van der Waals surface area (Å²) in [6.45, 7) is 2.19. The van der Waals surface area contributed by atoms with E-state index in [4.69, 9.17) is 5.11 Å². The van der Waals surface area contributed by atoms with E-state index in [0.717, 1.165) is 6.42 Å². The smallest absolute Gasteiger partial charge is 0.303 e. The summed E-state index contributed by atoms with van der Waals surface area (Å²) in [6, 6.07) is 0. The molecule has 2 unspecified atom stereocenters. The molecule has 13 heavy (non-hydrogen) atoms. The van der Waals surface area contributed by atoms with Crippen molar-refractivity contribution in [2.45, 2.75) is 44.3 Å². The minimum absolute atomic E-state index is 0.332. The molecule has 1 rings (SSSR count). The Balaban J connectivity index is 2.20. The molecule has 3 heteroatoms. The van der Waals surface area contributed by atoms with Crippen LogP contribution in [0.5, 0.6) is 0 Å². The van der Waals surface area contributed by atoms with Crippen molar-refractivity contribution >= 4 is 17.7 Å². The van der Waals surface area contributed by atoms with Crippen molar-refractivity contribution in [3.8, 4) is 0 Å². The number of rotatable bonds is 4. The van der Waals surface area contributed by atoms with Crippen LogP contribution in [-0.4, -0.2) is 22.1 Å². The van der Waals surface area contributed by atoms with Gasteiger partial charge in [0, 0.05) is 11.7 Å². The molecule has 0 aromatic rings. The van der Waals surface area contributed by atoms with E-state index >= 15 is 0 Å². The second kappa shape index (κ2) is 5.53. The normalized spacial score (nSPS) is 25.5. The molecule has 0 spiro atoms. The van der Waals surface area contributed by atoms with Gasteiger partial charge in [0.05, 0.1) is 0 Å². The highest BCUT2D eigenvalue weighted by Crippen LogP contribution is 2.32. The molecule has 0 aromatic carbocycles. The maximum atomic E-state index is 10.4. The third kappa shape index (κ3) is 4.03. The van der Waals surface area contributed by atoms with Crippen molar-refractivity contribution in [2.75, 3.05) is 5.75 Å². The minimum atomic E-state index is -0.660. The Hall–Kier alpha value is -0.180. The largest absolute Gasteiger partial charge is 0.481 e. The van der Waals surface area contributed by atoms with Gasteiger partial charge >= 0.3 is 5.97 Å². The number of hydrogen-bond acceptors (Lipinski definition) is 2. The summed E-state index contributed by atoms with van der Waals surface area (Å²) in [4.78, 5) is 10.4. The Morgan fingerprint density at radius 1 is 1.62 bits per heavy atom. The highest BCUT2D eigenvalue weighted by Gasteiger charge is 2.20. The van der Waals surface area contributed by atoms with E-state index in [1.165, 1.54) is 25.0 Å². The summed E-state index contributed by atoms with van der Waals surface area (Å²) in [5.74, 6) is 1.18. The molecule has 0 bridgehead atoms. The standard InChI is InChI=1S/C10H18O2S/c1-8(5-6-10(11)12)9-4-2-3-7-13-9/h8-9H,2-7H2,1H3,(H,11,12). The van der Waals surface area contributed by atoms with E-state index in [9.17, 15) is 4.79 Å².